The lowest BCUT2D eigenvalue weighted by Crippen LogP contribution is -2.13. The first-order valence-corrected chi connectivity index (χ1v) is 8.02. The molecule has 2 heterocycles. The van der Waals surface area contributed by atoms with Crippen molar-refractivity contribution in [3.63, 3.8) is 0 Å². The van der Waals surface area contributed by atoms with Crippen molar-refractivity contribution in [2.75, 3.05) is 5.32 Å². The van der Waals surface area contributed by atoms with Crippen molar-refractivity contribution in [2.24, 2.45) is 0 Å². The Morgan fingerprint density at radius 2 is 2.12 bits per heavy atom. The molecule has 0 saturated heterocycles. The zero-order chi connectivity index (χ0) is 17.6. The molecule has 9 heteroatoms. The van der Waals surface area contributed by atoms with E-state index in [0.29, 0.717) is 29.5 Å². The molecule has 0 saturated carbocycles. The molecule has 0 atom stereocenters. The summed E-state index contributed by atoms with van der Waals surface area (Å²) >= 11 is 0. The lowest BCUT2D eigenvalue weighted by Gasteiger charge is -2.08. The molecule has 0 radical (unpaired) electrons. The van der Waals surface area contributed by atoms with Gasteiger partial charge in [0.25, 0.3) is 5.91 Å². The average molecular weight is 341 g/mol. The number of nitrogens with zero attached hydrogens (tertiary/aromatic N) is 6. The Morgan fingerprint density at radius 3 is 2.88 bits per heavy atom. The van der Waals surface area contributed by atoms with Crippen molar-refractivity contribution in [3.05, 3.63) is 47.9 Å². The van der Waals surface area contributed by atoms with Crippen LogP contribution in [0.1, 0.15) is 30.0 Å². The van der Waals surface area contributed by atoms with Gasteiger partial charge in [0.2, 0.25) is 0 Å². The molecule has 2 aromatic heterocycles. The molecule has 0 fully saturated rings. The number of ether oxygens (including phenoxy) is 1. The van der Waals surface area contributed by atoms with E-state index < -0.39 is 0 Å². The highest BCUT2D eigenvalue weighted by atomic mass is 16.5. The molecule has 130 valence electrons. The van der Waals surface area contributed by atoms with Crippen LogP contribution in [0, 0.1) is 0 Å². The van der Waals surface area contributed by atoms with Gasteiger partial charge < -0.3 is 10.1 Å². The molecule has 1 N–H and O–H groups in total. The van der Waals surface area contributed by atoms with Crippen molar-refractivity contribution < 1.29 is 9.53 Å². The first-order valence-electron chi connectivity index (χ1n) is 8.02. The summed E-state index contributed by atoms with van der Waals surface area (Å²) in [4.78, 5) is 12.3. The third-order valence-corrected chi connectivity index (χ3v) is 3.58. The van der Waals surface area contributed by atoms with Gasteiger partial charge in [-0.1, -0.05) is 6.07 Å². The zero-order valence-corrected chi connectivity index (χ0v) is 14.1. The van der Waals surface area contributed by atoms with Gasteiger partial charge in [0.15, 0.2) is 11.6 Å². The first-order chi connectivity index (χ1) is 12.2. The maximum Gasteiger partial charge on any atom is 0.256 e. The summed E-state index contributed by atoms with van der Waals surface area (Å²) in [5, 5.41) is 18.4. The minimum absolute atomic E-state index is 0.229. The van der Waals surface area contributed by atoms with Crippen molar-refractivity contribution >= 4 is 11.7 Å². The van der Waals surface area contributed by atoms with Crippen LogP contribution in [0.4, 0.5) is 5.82 Å². The predicted octanol–water partition coefficient (Wildman–Crippen LogP) is 1.74. The first kappa shape index (κ1) is 16.6. The van der Waals surface area contributed by atoms with Crippen molar-refractivity contribution in [1.82, 2.24) is 30.0 Å². The predicted molar refractivity (Wildman–Crippen MR) is 90.1 cm³/mol. The summed E-state index contributed by atoms with van der Waals surface area (Å²) in [6, 6.07) is 8.69. The van der Waals surface area contributed by atoms with Crippen LogP contribution in [0.5, 0.6) is 5.75 Å². The Balaban J connectivity index is 1.65. The number of aromatic nitrogens is 6. The van der Waals surface area contributed by atoms with Crippen LogP contribution in [0.3, 0.4) is 0 Å². The van der Waals surface area contributed by atoms with Gasteiger partial charge in [-0.05, 0) is 42.5 Å². The molecular formula is C16H19N7O2. The van der Waals surface area contributed by atoms with Crippen LogP contribution in [0.2, 0.25) is 0 Å². The van der Waals surface area contributed by atoms with Crippen LogP contribution >= 0.6 is 0 Å². The highest BCUT2D eigenvalue weighted by Crippen LogP contribution is 2.16. The molecule has 9 nitrogen and oxygen atoms in total. The Morgan fingerprint density at radius 1 is 1.24 bits per heavy atom. The third kappa shape index (κ3) is 4.00. The van der Waals surface area contributed by atoms with Crippen molar-refractivity contribution in [3.8, 4) is 5.75 Å². The molecule has 0 aliphatic carbocycles. The second kappa shape index (κ2) is 7.56. The number of amides is 1. The lowest BCUT2D eigenvalue weighted by atomic mass is 10.2. The monoisotopic (exact) mass is 341 g/mol. The maximum absolute atomic E-state index is 12.3. The fraction of sp³-hybridized carbons (Fsp3) is 0.312. The largest absolute Gasteiger partial charge is 0.486 e. The molecule has 3 aromatic rings. The van der Waals surface area contributed by atoms with Crippen molar-refractivity contribution in [2.45, 2.75) is 33.5 Å². The molecule has 3 rings (SSSR count). The van der Waals surface area contributed by atoms with Gasteiger partial charge in [-0.15, -0.1) is 5.10 Å². The van der Waals surface area contributed by atoms with Crippen LogP contribution in [0.15, 0.2) is 36.5 Å². The number of tetrazole rings is 1. The average Bonchev–Trinajstić information content (AvgIpc) is 3.28. The van der Waals surface area contributed by atoms with Gasteiger partial charge in [0.1, 0.15) is 12.4 Å². The molecule has 25 heavy (non-hydrogen) atoms. The topological polar surface area (TPSA) is 99.8 Å². The third-order valence-electron chi connectivity index (χ3n) is 3.58. The van der Waals surface area contributed by atoms with Gasteiger partial charge >= 0.3 is 0 Å². The van der Waals surface area contributed by atoms with E-state index >= 15 is 0 Å². The van der Waals surface area contributed by atoms with E-state index in [1.165, 1.54) is 0 Å². The van der Waals surface area contributed by atoms with E-state index in [1.807, 2.05) is 20.0 Å². The second-order valence-corrected chi connectivity index (χ2v) is 5.24. The number of rotatable bonds is 7. The summed E-state index contributed by atoms with van der Waals surface area (Å²) in [6.45, 7) is 5.57. The van der Waals surface area contributed by atoms with Crippen LogP contribution < -0.4 is 10.1 Å². The van der Waals surface area contributed by atoms with Gasteiger partial charge in [-0.2, -0.15) is 5.10 Å². The normalized spacial score (nSPS) is 10.6. The van der Waals surface area contributed by atoms with E-state index in [1.54, 1.807) is 39.7 Å². The molecule has 1 aromatic carbocycles. The Bertz CT molecular complexity index is 856. The SMILES string of the molecule is CCn1ccc(NC(=O)c2cccc(OCc3nnnn3CC)c2)n1. The minimum atomic E-state index is -0.245. The summed E-state index contributed by atoms with van der Waals surface area (Å²) < 4.78 is 9.09. The summed E-state index contributed by atoms with van der Waals surface area (Å²) in [5.74, 6) is 1.46. The highest BCUT2D eigenvalue weighted by molar-refractivity contribution is 6.03. The summed E-state index contributed by atoms with van der Waals surface area (Å²) in [7, 11) is 0. The van der Waals surface area contributed by atoms with Crippen LogP contribution in [-0.2, 0) is 19.7 Å². The number of carbonyl (C=O) groups is 1. The zero-order valence-electron chi connectivity index (χ0n) is 14.1. The van der Waals surface area contributed by atoms with E-state index in [9.17, 15) is 4.79 Å². The molecule has 0 unspecified atom stereocenters. The second-order valence-electron chi connectivity index (χ2n) is 5.24. The molecule has 1 amide bonds. The summed E-state index contributed by atoms with van der Waals surface area (Å²) in [6.07, 6.45) is 1.81. The molecule has 0 aliphatic rings. The standard InChI is InChI=1S/C16H19N7O2/c1-3-22-9-8-14(19-22)17-16(24)12-6-5-7-13(10-12)25-11-15-18-20-21-23(15)4-2/h5-10H,3-4,11H2,1-2H3,(H,17,19,24). The fourth-order valence-corrected chi connectivity index (χ4v) is 2.24. The lowest BCUT2D eigenvalue weighted by molar-refractivity contribution is 0.102. The fourth-order valence-electron chi connectivity index (χ4n) is 2.24. The number of hydrogen-bond acceptors (Lipinski definition) is 6. The molecule has 0 aliphatic heterocycles. The smallest absolute Gasteiger partial charge is 0.256 e. The number of carbonyl (C=O) groups excluding carboxylic acids is 1. The number of aryl methyl sites for hydroxylation is 2. The van der Waals surface area contributed by atoms with Crippen LogP contribution in [0.25, 0.3) is 0 Å². The number of nitrogens with one attached hydrogen (secondary N) is 1. The van der Waals surface area contributed by atoms with Gasteiger partial charge in [0.05, 0.1) is 0 Å². The van der Waals surface area contributed by atoms with E-state index in [-0.39, 0.29) is 12.5 Å². The molecule has 0 bridgehead atoms. The number of anilines is 1. The Kier molecular flexibility index (Phi) is 5.03. The maximum atomic E-state index is 12.3. The minimum Gasteiger partial charge on any atom is -0.486 e. The van der Waals surface area contributed by atoms with E-state index in [0.717, 1.165) is 6.54 Å². The van der Waals surface area contributed by atoms with E-state index in [4.69, 9.17) is 4.74 Å². The highest BCUT2D eigenvalue weighted by Gasteiger charge is 2.10. The van der Waals surface area contributed by atoms with Gasteiger partial charge in [0, 0.05) is 30.9 Å². The Labute approximate surface area is 144 Å². The summed E-state index contributed by atoms with van der Waals surface area (Å²) in [5.41, 5.74) is 0.485. The van der Waals surface area contributed by atoms with Crippen LogP contribution in [-0.4, -0.2) is 35.9 Å². The van der Waals surface area contributed by atoms with Gasteiger partial charge in [-0.25, -0.2) is 4.68 Å². The van der Waals surface area contributed by atoms with Crippen molar-refractivity contribution in [1.29, 1.82) is 0 Å². The van der Waals surface area contributed by atoms with Gasteiger partial charge in [-0.3, -0.25) is 9.48 Å². The molecule has 0 spiro atoms. The molecular weight excluding hydrogens is 322 g/mol. The van der Waals surface area contributed by atoms with E-state index in [2.05, 4.69) is 25.9 Å². The quantitative estimate of drug-likeness (QED) is 0.703. The number of benzene rings is 1. The Hall–Kier alpha value is -3.23. The number of hydrogen-bond donors (Lipinski definition) is 1.